The van der Waals surface area contributed by atoms with Crippen LogP contribution in [0.4, 0.5) is 4.39 Å². The van der Waals surface area contributed by atoms with Gasteiger partial charge in [0.2, 0.25) is 15.9 Å². The van der Waals surface area contributed by atoms with E-state index in [0.29, 0.717) is 6.54 Å². The third kappa shape index (κ3) is 5.10. The standard InChI is InChI=1S/C16H18FN3O3S/c1-20(12-13-3-2-9-18-11-13)16(21)8-10-19-24(22,23)15-6-4-14(17)5-7-15/h2-7,9,11,19H,8,10,12H2,1H3. The Morgan fingerprint density at radius 2 is 1.96 bits per heavy atom. The molecule has 128 valence electrons. The molecule has 0 saturated heterocycles. The second kappa shape index (κ2) is 7.98. The Bertz CT molecular complexity index is 780. The van der Waals surface area contributed by atoms with Gasteiger partial charge in [-0.3, -0.25) is 9.78 Å². The molecule has 1 amide bonds. The van der Waals surface area contributed by atoms with Gasteiger partial charge in [0.15, 0.2) is 0 Å². The van der Waals surface area contributed by atoms with Crippen molar-refractivity contribution in [1.29, 1.82) is 0 Å². The molecule has 1 N–H and O–H groups in total. The molecule has 0 aliphatic rings. The van der Waals surface area contributed by atoms with E-state index in [1.165, 1.54) is 17.0 Å². The summed E-state index contributed by atoms with van der Waals surface area (Å²) in [6, 6.07) is 8.13. The van der Waals surface area contributed by atoms with Crippen molar-refractivity contribution in [3.8, 4) is 0 Å². The number of nitrogens with zero attached hydrogens (tertiary/aromatic N) is 2. The summed E-state index contributed by atoms with van der Waals surface area (Å²) < 4.78 is 39.2. The summed E-state index contributed by atoms with van der Waals surface area (Å²) in [6.45, 7) is 0.368. The van der Waals surface area contributed by atoms with Crippen molar-refractivity contribution < 1.29 is 17.6 Å². The smallest absolute Gasteiger partial charge is 0.240 e. The van der Waals surface area contributed by atoms with Crippen molar-refractivity contribution in [1.82, 2.24) is 14.6 Å². The van der Waals surface area contributed by atoms with E-state index in [2.05, 4.69) is 9.71 Å². The first-order valence-electron chi connectivity index (χ1n) is 7.26. The zero-order valence-corrected chi connectivity index (χ0v) is 14.0. The van der Waals surface area contributed by atoms with Gasteiger partial charge < -0.3 is 4.90 Å². The van der Waals surface area contributed by atoms with Crippen LogP contribution in [0.25, 0.3) is 0 Å². The van der Waals surface area contributed by atoms with Gasteiger partial charge in [-0.05, 0) is 35.9 Å². The fourth-order valence-electron chi connectivity index (χ4n) is 2.03. The highest BCUT2D eigenvalue weighted by Gasteiger charge is 2.15. The summed E-state index contributed by atoms with van der Waals surface area (Å²) in [5.74, 6) is -0.707. The number of halogens is 1. The monoisotopic (exact) mass is 351 g/mol. The summed E-state index contributed by atoms with van der Waals surface area (Å²) in [7, 11) is -2.11. The maximum Gasteiger partial charge on any atom is 0.240 e. The average Bonchev–Trinajstić information content (AvgIpc) is 2.56. The molecular weight excluding hydrogens is 333 g/mol. The fourth-order valence-corrected chi connectivity index (χ4v) is 3.07. The molecule has 0 aliphatic heterocycles. The molecule has 0 unspecified atom stereocenters. The van der Waals surface area contributed by atoms with Gasteiger partial charge in [0.25, 0.3) is 0 Å². The molecule has 1 aromatic carbocycles. The molecule has 8 heteroatoms. The lowest BCUT2D eigenvalue weighted by Crippen LogP contribution is -2.32. The number of benzene rings is 1. The summed E-state index contributed by atoms with van der Waals surface area (Å²) in [5, 5.41) is 0. The van der Waals surface area contributed by atoms with Crippen LogP contribution in [0.3, 0.4) is 0 Å². The van der Waals surface area contributed by atoms with E-state index in [4.69, 9.17) is 0 Å². The highest BCUT2D eigenvalue weighted by atomic mass is 32.2. The van der Waals surface area contributed by atoms with E-state index in [-0.39, 0.29) is 23.8 Å². The van der Waals surface area contributed by atoms with Crippen LogP contribution in [-0.4, -0.2) is 37.8 Å². The van der Waals surface area contributed by atoms with Crippen LogP contribution in [0, 0.1) is 5.82 Å². The predicted octanol–water partition coefficient (Wildman–Crippen LogP) is 1.55. The van der Waals surface area contributed by atoms with Crippen molar-refractivity contribution in [2.45, 2.75) is 17.9 Å². The van der Waals surface area contributed by atoms with E-state index in [1.807, 2.05) is 6.07 Å². The van der Waals surface area contributed by atoms with Gasteiger partial charge in [0, 0.05) is 39.0 Å². The lowest BCUT2D eigenvalue weighted by molar-refractivity contribution is -0.130. The highest BCUT2D eigenvalue weighted by molar-refractivity contribution is 7.89. The number of sulfonamides is 1. The van der Waals surface area contributed by atoms with Crippen LogP contribution in [0.2, 0.25) is 0 Å². The molecule has 0 bridgehead atoms. The number of nitrogens with one attached hydrogen (secondary N) is 1. The number of pyridine rings is 1. The molecule has 0 fully saturated rings. The average molecular weight is 351 g/mol. The van der Waals surface area contributed by atoms with E-state index in [0.717, 1.165) is 17.7 Å². The van der Waals surface area contributed by atoms with E-state index < -0.39 is 15.8 Å². The molecule has 0 spiro atoms. The van der Waals surface area contributed by atoms with Gasteiger partial charge in [0.1, 0.15) is 5.82 Å². The zero-order valence-electron chi connectivity index (χ0n) is 13.1. The minimum absolute atomic E-state index is 0.0250. The van der Waals surface area contributed by atoms with Gasteiger partial charge in [0.05, 0.1) is 4.90 Å². The number of amides is 1. The maximum absolute atomic E-state index is 12.8. The summed E-state index contributed by atoms with van der Waals surface area (Å²) in [6.07, 6.45) is 3.34. The van der Waals surface area contributed by atoms with E-state index >= 15 is 0 Å². The third-order valence-electron chi connectivity index (χ3n) is 3.32. The first-order chi connectivity index (χ1) is 11.4. The molecule has 6 nitrogen and oxygen atoms in total. The van der Waals surface area contributed by atoms with Crippen LogP contribution >= 0.6 is 0 Å². The van der Waals surface area contributed by atoms with E-state index in [1.54, 1.807) is 25.5 Å². The van der Waals surface area contributed by atoms with Crippen LogP contribution < -0.4 is 4.72 Å². The van der Waals surface area contributed by atoms with E-state index in [9.17, 15) is 17.6 Å². The molecule has 0 saturated carbocycles. The third-order valence-corrected chi connectivity index (χ3v) is 4.80. The number of aromatic nitrogens is 1. The molecule has 2 aromatic rings. The van der Waals surface area contributed by atoms with Crippen molar-refractivity contribution >= 4 is 15.9 Å². The Morgan fingerprint density at radius 1 is 1.25 bits per heavy atom. The van der Waals surface area contributed by atoms with Gasteiger partial charge in [-0.15, -0.1) is 0 Å². The summed E-state index contributed by atoms with van der Waals surface area (Å²) >= 11 is 0. The van der Waals surface area contributed by atoms with Crippen molar-refractivity contribution in [2.24, 2.45) is 0 Å². The molecule has 0 atom stereocenters. The Labute approximate surface area is 140 Å². The highest BCUT2D eigenvalue weighted by Crippen LogP contribution is 2.09. The quantitative estimate of drug-likeness (QED) is 0.821. The molecule has 1 heterocycles. The number of carbonyl (C=O) groups excluding carboxylic acids is 1. The summed E-state index contributed by atoms with van der Waals surface area (Å²) in [4.78, 5) is 17.5. The van der Waals surface area contributed by atoms with Crippen molar-refractivity contribution in [3.63, 3.8) is 0 Å². The topological polar surface area (TPSA) is 79.4 Å². The predicted molar refractivity (Wildman–Crippen MR) is 86.9 cm³/mol. The maximum atomic E-state index is 12.8. The Kier molecular flexibility index (Phi) is 5.99. The minimum atomic E-state index is -3.75. The molecular formula is C16H18FN3O3S. The Morgan fingerprint density at radius 3 is 2.58 bits per heavy atom. The number of hydrogen-bond donors (Lipinski definition) is 1. The van der Waals surface area contributed by atoms with Crippen LogP contribution in [-0.2, 0) is 21.4 Å². The van der Waals surface area contributed by atoms with Gasteiger partial charge >= 0.3 is 0 Å². The largest absolute Gasteiger partial charge is 0.341 e. The SMILES string of the molecule is CN(Cc1cccnc1)C(=O)CCNS(=O)(=O)c1ccc(F)cc1. The number of rotatable bonds is 7. The number of hydrogen-bond acceptors (Lipinski definition) is 4. The van der Waals surface area contributed by atoms with Gasteiger partial charge in [-0.2, -0.15) is 0 Å². The second-order valence-electron chi connectivity index (χ2n) is 5.21. The summed E-state index contributed by atoms with van der Waals surface area (Å²) in [5.41, 5.74) is 0.889. The van der Waals surface area contributed by atoms with Crippen LogP contribution in [0.1, 0.15) is 12.0 Å². The lowest BCUT2D eigenvalue weighted by atomic mass is 10.2. The molecule has 1 aromatic heterocycles. The van der Waals surface area contributed by atoms with Gasteiger partial charge in [-0.1, -0.05) is 6.07 Å². The first-order valence-corrected chi connectivity index (χ1v) is 8.75. The second-order valence-corrected chi connectivity index (χ2v) is 6.98. The zero-order chi connectivity index (χ0) is 17.6. The molecule has 24 heavy (non-hydrogen) atoms. The van der Waals surface area contributed by atoms with Crippen molar-refractivity contribution in [3.05, 3.63) is 60.2 Å². The van der Waals surface area contributed by atoms with Crippen LogP contribution in [0.5, 0.6) is 0 Å². The van der Waals surface area contributed by atoms with Crippen LogP contribution in [0.15, 0.2) is 53.7 Å². The normalized spacial score (nSPS) is 11.2. The van der Waals surface area contributed by atoms with Gasteiger partial charge in [-0.25, -0.2) is 17.5 Å². The Hall–Kier alpha value is -2.32. The minimum Gasteiger partial charge on any atom is -0.341 e. The molecule has 0 radical (unpaired) electrons. The Balaban J connectivity index is 1.84. The molecule has 2 rings (SSSR count). The molecule has 0 aliphatic carbocycles. The fraction of sp³-hybridized carbons (Fsp3) is 0.250. The number of carbonyl (C=O) groups is 1. The van der Waals surface area contributed by atoms with Crippen molar-refractivity contribution in [2.75, 3.05) is 13.6 Å². The first kappa shape index (κ1) is 18.0. The lowest BCUT2D eigenvalue weighted by Gasteiger charge is -2.17.